The zero-order chi connectivity index (χ0) is 25.1. The van der Waals surface area contributed by atoms with Gasteiger partial charge in [-0.3, -0.25) is 10.0 Å². The number of piperidine rings is 1. The lowest BCUT2D eigenvalue weighted by Crippen LogP contribution is -2.54. The van der Waals surface area contributed by atoms with Crippen molar-refractivity contribution >= 4 is 39.2 Å². The highest BCUT2D eigenvalue weighted by Gasteiger charge is 2.47. The molecule has 192 valence electrons. The fraction of sp³-hybridized carbons (Fsp3) is 0.565. The van der Waals surface area contributed by atoms with Crippen molar-refractivity contribution in [2.45, 2.75) is 31.8 Å². The third-order valence-corrected chi connectivity index (χ3v) is 9.33. The van der Waals surface area contributed by atoms with Gasteiger partial charge < -0.3 is 14.4 Å². The van der Waals surface area contributed by atoms with E-state index in [1.165, 1.54) is 9.21 Å². The summed E-state index contributed by atoms with van der Waals surface area (Å²) < 4.78 is 38.6. The molecule has 3 aliphatic rings. The Kier molecular flexibility index (Phi) is 8.02. The Balaban J connectivity index is 1.41. The molecule has 3 heterocycles. The number of hydrogen-bond donors (Lipinski definition) is 2. The van der Waals surface area contributed by atoms with Crippen LogP contribution in [0.5, 0.6) is 0 Å². The molecule has 35 heavy (non-hydrogen) atoms. The van der Waals surface area contributed by atoms with E-state index in [9.17, 15) is 23.2 Å². The highest BCUT2D eigenvalue weighted by molar-refractivity contribution is 7.89. The van der Waals surface area contributed by atoms with Gasteiger partial charge in [-0.1, -0.05) is 35.9 Å². The molecule has 2 N–H and O–H groups in total. The summed E-state index contributed by atoms with van der Waals surface area (Å²) in [7, 11) is -3.84. The molecule has 0 aliphatic carbocycles. The van der Waals surface area contributed by atoms with Gasteiger partial charge in [0.2, 0.25) is 10.0 Å². The number of sulfonamides is 1. The fourth-order valence-electron chi connectivity index (χ4n) is 4.81. The minimum atomic E-state index is -3.84. The number of hydrogen-bond acceptors (Lipinski definition) is 7. The van der Waals surface area contributed by atoms with Crippen molar-refractivity contribution in [2.75, 3.05) is 45.1 Å². The van der Waals surface area contributed by atoms with Crippen LogP contribution in [0.15, 0.2) is 30.3 Å². The van der Waals surface area contributed by atoms with Gasteiger partial charge in [0.15, 0.2) is 0 Å². The van der Waals surface area contributed by atoms with Crippen LogP contribution in [0.2, 0.25) is 5.02 Å². The summed E-state index contributed by atoms with van der Waals surface area (Å²) in [5.74, 6) is -1.22. The van der Waals surface area contributed by atoms with E-state index in [1.54, 1.807) is 11.5 Å². The zero-order valence-electron chi connectivity index (χ0n) is 19.3. The first kappa shape index (κ1) is 25.9. The van der Waals surface area contributed by atoms with E-state index in [0.717, 1.165) is 11.1 Å². The topological polar surface area (TPSA) is 125 Å². The van der Waals surface area contributed by atoms with Gasteiger partial charge in [-0.05, 0) is 36.5 Å². The number of ether oxygens (including phenoxy) is 2. The molecule has 1 aromatic rings. The maximum atomic E-state index is 13.3. The van der Waals surface area contributed by atoms with Gasteiger partial charge in [0.1, 0.15) is 6.10 Å². The predicted octanol–water partition coefficient (Wildman–Crippen LogP) is 2.27. The zero-order valence-corrected chi connectivity index (χ0v) is 20.9. The molecule has 0 unspecified atom stereocenters. The highest BCUT2D eigenvalue weighted by Crippen LogP contribution is 2.36. The van der Waals surface area contributed by atoms with Crippen LogP contribution < -0.4 is 5.48 Å². The second-order valence-corrected chi connectivity index (χ2v) is 11.5. The van der Waals surface area contributed by atoms with Crippen molar-refractivity contribution in [3.05, 3.63) is 40.9 Å². The molecule has 10 nitrogen and oxygen atoms in total. The highest BCUT2D eigenvalue weighted by atomic mass is 35.5. The summed E-state index contributed by atoms with van der Waals surface area (Å²) in [6, 6.07) is 7.41. The van der Waals surface area contributed by atoms with Gasteiger partial charge in [0, 0.05) is 37.6 Å². The normalized spacial score (nSPS) is 23.0. The van der Waals surface area contributed by atoms with Crippen LogP contribution in [-0.2, 0) is 24.3 Å². The molecular weight excluding hydrogens is 498 g/mol. The Morgan fingerprint density at radius 1 is 1.23 bits per heavy atom. The summed E-state index contributed by atoms with van der Waals surface area (Å²) in [5.41, 5.74) is 2.14. The molecule has 0 bridgehead atoms. The van der Waals surface area contributed by atoms with Crippen LogP contribution in [0.25, 0.3) is 5.57 Å². The van der Waals surface area contributed by atoms with E-state index in [-0.39, 0.29) is 45.1 Å². The van der Waals surface area contributed by atoms with Crippen LogP contribution in [0.3, 0.4) is 0 Å². The fourth-order valence-corrected chi connectivity index (χ4v) is 7.03. The second kappa shape index (κ2) is 10.8. The smallest absolute Gasteiger partial charge is 0.410 e. The van der Waals surface area contributed by atoms with Gasteiger partial charge in [0.05, 0.1) is 24.4 Å². The lowest BCUT2D eigenvalue weighted by Gasteiger charge is -2.40. The number of nitrogens with zero attached hydrogens (tertiary/aromatic N) is 2. The van der Waals surface area contributed by atoms with Crippen molar-refractivity contribution in [3.63, 3.8) is 0 Å². The molecule has 1 atom stereocenters. The number of hydroxylamine groups is 1. The maximum Gasteiger partial charge on any atom is 0.410 e. The second-order valence-electron chi connectivity index (χ2n) is 9.15. The minimum Gasteiger partial charge on any atom is -0.444 e. The summed E-state index contributed by atoms with van der Waals surface area (Å²) in [4.78, 5) is 26.6. The molecule has 1 aromatic carbocycles. The summed E-state index contributed by atoms with van der Waals surface area (Å²) in [6.45, 7) is 1.62. The molecule has 0 aromatic heterocycles. The van der Waals surface area contributed by atoms with E-state index in [4.69, 9.17) is 21.1 Å². The number of nitrogens with one attached hydrogen (secondary N) is 1. The molecule has 2 amide bonds. The third kappa shape index (κ3) is 5.80. The van der Waals surface area contributed by atoms with Gasteiger partial charge in [-0.25, -0.2) is 18.7 Å². The molecule has 3 aliphatic heterocycles. The SMILES string of the molecule is O=C(O[C@H]1CCOC1)N1CCC(CS(=O)(=O)N2CC=C(c3ccccc3Cl)CC2)(C(=O)NO)CC1. The summed E-state index contributed by atoms with van der Waals surface area (Å²) >= 11 is 6.28. The molecule has 2 fully saturated rings. The summed E-state index contributed by atoms with van der Waals surface area (Å²) in [6.07, 6.45) is 2.34. The van der Waals surface area contributed by atoms with Gasteiger partial charge >= 0.3 is 6.09 Å². The Hall–Kier alpha value is -2.18. The number of benzene rings is 1. The number of carbonyl (C=O) groups excluding carboxylic acids is 2. The molecule has 0 spiro atoms. The molecule has 0 saturated carbocycles. The first-order valence-corrected chi connectivity index (χ1v) is 13.6. The number of carbonyl (C=O) groups is 2. The molecule has 4 rings (SSSR count). The van der Waals surface area contributed by atoms with E-state index >= 15 is 0 Å². The number of rotatable bonds is 6. The maximum absolute atomic E-state index is 13.3. The Bertz CT molecular complexity index is 1080. The predicted molar refractivity (Wildman–Crippen MR) is 128 cm³/mol. The van der Waals surface area contributed by atoms with Crippen LogP contribution >= 0.6 is 11.6 Å². The lowest BCUT2D eigenvalue weighted by molar-refractivity contribution is -0.141. The van der Waals surface area contributed by atoms with Crippen LogP contribution in [-0.4, -0.2) is 86.1 Å². The molecular formula is C23H30ClN3O7S. The van der Waals surface area contributed by atoms with Gasteiger partial charge in [-0.2, -0.15) is 4.31 Å². The number of amides is 2. The Morgan fingerprint density at radius 2 is 1.97 bits per heavy atom. The Morgan fingerprint density at radius 3 is 2.57 bits per heavy atom. The van der Waals surface area contributed by atoms with E-state index in [0.29, 0.717) is 31.1 Å². The van der Waals surface area contributed by atoms with E-state index < -0.39 is 33.2 Å². The molecule has 2 saturated heterocycles. The first-order valence-electron chi connectivity index (χ1n) is 11.6. The molecule has 12 heteroatoms. The third-order valence-electron chi connectivity index (χ3n) is 6.96. The van der Waals surface area contributed by atoms with Crippen molar-refractivity contribution in [1.82, 2.24) is 14.7 Å². The first-order chi connectivity index (χ1) is 16.7. The van der Waals surface area contributed by atoms with E-state index in [2.05, 4.69) is 0 Å². The van der Waals surface area contributed by atoms with E-state index in [1.807, 2.05) is 24.3 Å². The van der Waals surface area contributed by atoms with Crippen LogP contribution in [0, 0.1) is 5.41 Å². The average Bonchev–Trinajstić information content (AvgIpc) is 3.37. The number of likely N-dealkylation sites (tertiary alicyclic amines) is 1. The van der Waals surface area contributed by atoms with Gasteiger partial charge in [0.25, 0.3) is 5.91 Å². The van der Waals surface area contributed by atoms with Crippen molar-refractivity contribution in [3.8, 4) is 0 Å². The van der Waals surface area contributed by atoms with Gasteiger partial charge in [-0.15, -0.1) is 0 Å². The average molecular weight is 528 g/mol. The molecule has 0 radical (unpaired) electrons. The quantitative estimate of drug-likeness (QED) is 0.429. The van der Waals surface area contributed by atoms with Crippen molar-refractivity contribution in [1.29, 1.82) is 0 Å². The minimum absolute atomic E-state index is 0.0867. The van der Waals surface area contributed by atoms with Crippen LogP contribution in [0.1, 0.15) is 31.2 Å². The van der Waals surface area contributed by atoms with Crippen molar-refractivity contribution < 1.29 is 32.7 Å². The lowest BCUT2D eigenvalue weighted by atomic mass is 9.79. The van der Waals surface area contributed by atoms with Crippen molar-refractivity contribution in [2.24, 2.45) is 5.41 Å². The Labute approximate surface area is 209 Å². The van der Waals surface area contributed by atoms with Crippen LogP contribution in [0.4, 0.5) is 4.79 Å². The number of halogens is 1. The summed E-state index contributed by atoms with van der Waals surface area (Å²) in [5, 5.41) is 9.97. The monoisotopic (exact) mass is 527 g/mol. The standard InChI is InChI=1S/C23H30ClN3O7S/c24-20-4-2-1-3-19(20)17-5-10-27(11-6-17)35(31,32)16-23(21(28)25-30)8-12-26(13-9-23)22(29)34-18-7-14-33-15-18/h1-5,18,30H,6-16H2,(H,25,28)/t18-/m0/s1. The largest absolute Gasteiger partial charge is 0.444 e.